The molecule has 0 fully saturated rings. The van der Waals surface area contributed by atoms with Gasteiger partial charge in [0.2, 0.25) is 0 Å². The van der Waals surface area contributed by atoms with Crippen LogP contribution in [0.4, 0.5) is 0 Å². The summed E-state index contributed by atoms with van der Waals surface area (Å²) in [7, 11) is 0. The van der Waals surface area contributed by atoms with Crippen LogP contribution in [0.1, 0.15) is 11.6 Å². The number of fused-ring (bicyclic) bond motifs is 2. The largest absolute Gasteiger partial charge is 0.282 e. The van der Waals surface area contributed by atoms with Gasteiger partial charge >= 0.3 is 0 Å². The summed E-state index contributed by atoms with van der Waals surface area (Å²) in [6, 6.07) is 16.3. The highest BCUT2D eigenvalue weighted by Gasteiger charge is 2.26. The molecule has 2 aromatic carbocycles. The van der Waals surface area contributed by atoms with E-state index in [1.807, 2.05) is 40.6 Å². The number of rotatable bonds is 3. The minimum Gasteiger partial charge on any atom is -0.282 e. The fourth-order valence-corrected chi connectivity index (χ4v) is 5.20. The maximum Gasteiger partial charge on any atom is 0.262 e. The molecule has 1 aromatic heterocycles. The summed E-state index contributed by atoms with van der Waals surface area (Å²) >= 11 is 3.49. The Morgan fingerprint density at radius 3 is 3.00 bits per heavy atom. The van der Waals surface area contributed by atoms with E-state index in [2.05, 4.69) is 36.2 Å². The fraction of sp³-hybridized carbons (Fsp3) is 0.222. The first-order valence-corrected chi connectivity index (χ1v) is 9.53. The highest BCUT2D eigenvalue weighted by Crippen LogP contribution is 2.34. The van der Waals surface area contributed by atoms with Crippen molar-refractivity contribution in [2.24, 2.45) is 0 Å². The second kappa shape index (κ2) is 6.06. The maximum absolute atomic E-state index is 12.8. The molecule has 1 aliphatic rings. The third-order valence-electron chi connectivity index (χ3n) is 3.98. The molecule has 4 rings (SSSR count). The lowest BCUT2D eigenvalue weighted by molar-refractivity contribution is 0.558. The highest BCUT2D eigenvalue weighted by molar-refractivity contribution is 8.00. The van der Waals surface area contributed by atoms with Gasteiger partial charge < -0.3 is 0 Å². The normalized spacial score (nSPS) is 16.7. The standard InChI is InChI=1S/C18H16N2OS2/c1-12-5-4-6-14(9-12)22-10-13-11-23-18-19-16-8-3-2-7-15(16)17(21)20(13)18/h2-9,13H,10-11H2,1H3/t13-/m0/s1. The van der Waals surface area contributed by atoms with Crippen molar-refractivity contribution < 1.29 is 0 Å². The Kier molecular flexibility index (Phi) is 3.91. The van der Waals surface area contributed by atoms with E-state index in [0.29, 0.717) is 5.39 Å². The van der Waals surface area contributed by atoms with Gasteiger partial charge in [-0.15, -0.1) is 11.8 Å². The van der Waals surface area contributed by atoms with Gasteiger partial charge in [0.1, 0.15) is 0 Å². The van der Waals surface area contributed by atoms with Gasteiger partial charge in [-0.3, -0.25) is 9.36 Å². The number of hydrogen-bond acceptors (Lipinski definition) is 4. The molecule has 0 radical (unpaired) electrons. The van der Waals surface area contributed by atoms with Gasteiger partial charge in [0, 0.05) is 16.4 Å². The minimum absolute atomic E-state index is 0.0884. The number of hydrogen-bond donors (Lipinski definition) is 0. The molecule has 1 atom stereocenters. The summed E-state index contributed by atoms with van der Waals surface area (Å²) in [6.45, 7) is 2.10. The van der Waals surface area contributed by atoms with Crippen molar-refractivity contribution in [2.45, 2.75) is 23.0 Å². The Hall–Kier alpha value is -1.72. The topological polar surface area (TPSA) is 34.9 Å². The number of thioether (sulfide) groups is 2. The lowest BCUT2D eigenvalue weighted by atomic mass is 10.2. The molecular formula is C18H16N2OS2. The Bertz CT molecular complexity index is 936. The fourth-order valence-electron chi connectivity index (χ4n) is 2.81. The van der Waals surface area contributed by atoms with Gasteiger partial charge in [-0.25, -0.2) is 4.98 Å². The van der Waals surface area contributed by atoms with Crippen molar-refractivity contribution in [1.82, 2.24) is 9.55 Å². The summed E-state index contributed by atoms with van der Waals surface area (Å²) in [5.74, 6) is 1.81. The summed E-state index contributed by atoms with van der Waals surface area (Å²) in [6.07, 6.45) is 0. The smallest absolute Gasteiger partial charge is 0.262 e. The average Bonchev–Trinajstić information content (AvgIpc) is 2.96. The monoisotopic (exact) mass is 340 g/mol. The van der Waals surface area contributed by atoms with E-state index in [0.717, 1.165) is 22.2 Å². The Balaban J connectivity index is 1.65. The molecule has 5 heteroatoms. The molecule has 3 nitrogen and oxygen atoms in total. The first-order chi connectivity index (χ1) is 11.2. The molecular weight excluding hydrogens is 324 g/mol. The third-order valence-corrected chi connectivity index (χ3v) is 6.21. The van der Waals surface area contributed by atoms with Crippen LogP contribution in [0.15, 0.2) is 63.4 Å². The number of aryl methyl sites for hydroxylation is 1. The molecule has 23 heavy (non-hydrogen) atoms. The van der Waals surface area contributed by atoms with Crippen LogP contribution in [0.3, 0.4) is 0 Å². The van der Waals surface area contributed by atoms with Crippen LogP contribution < -0.4 is 5.56 Å². The molecule has 0 unspecified atom stereocenters. The SMILES string of the molecule is Cc1cccc(SC[C@H]2CSc3nc4ccccc4c(=O)n32)c1. The van der Waals surface area contributed by atoms with Gasteiger partial charge in [-0.05, 0) is 31.2 Å². The van der Waals surface area contributed by atoms with Gasteiger partial charge in [-0.1, -0.05) is 41.6 Å². The zero-order chi connectivity index (χ0) is 15.8. The number of aromatic nitrogens is 2. The van der Waals surface area contributed by atoms with E-state index >= 15 is 0 Å². The van der Waals surface area contributed by atoms with Crippen molar-refractivity contribution in [3.8, 4) is 0 Å². The first-order valence-electron chi connectivity index (χ1n) is 7.56. The molecule has 0 spiro atoms. The van der Waals surface area contributed by atoms with Gasteiger partial charge in [0.05, 0.1) is 16.9 Å². The molecule has 0 saturated heterocycles. The summed E-state index contributed by atoms with van der Waals surface area (Å²) < 4.78 is 1.88. The maximum atomic E-state index is 12.8. The molecule has 0 saturated carbocycles. The van der Waals surface area contributed by atoms with Gasteiger partial charge in [-0.2, -0.15) is 0 Å². The number of para-hydroxylation sites is 1. The molecule has 0 N–H and O–H groups in total. The second-order valence-corrected chi connectivity index (χ2v) is 7.76. The van der Waals surface area contributed by atoms with Crippen LogP contribution in [0.2, 0.25) is 0 Å². The van der Waals surface area contributed by atoms with Crippen molar-refractivity contribution in [3.63, 3.8) is 0 Å². The molecule has 1 aliphatic heterocycles. The Labute approximate surface area is 143 Å². The zero-order valence-corrected chi connectivity index (χ0v) is 14.4. The zero-order valence-electron chi connectivity index (χ0n) is 12.7. The Morgan fingerprint density at radius 2 is 2.13 bits per heavy atom. The van der Waals surface area contributed by atoms with Gasteiger partial charge in [0.25, 0.3) is 5.56 Å². The highest BCUT2D eigenvalue weighted by atomic mass is 32.2. The minimum atomic E-state index is 0.0884. The van der Waals surface area contributed by atoms with Crippen molar-refractivity contribution in [2.75, 3.05) is 11.5 Å². The van der Waals surface area contributed by atoms with Gasteiger partial charge in [0.15, 0.2) is 5.16 Å². The van der Waals surface area contributed by atoms with Crippen LogP contribution in [-0.4, -0.2) is 21.1 Å². The van der Waals surface area contributed by atoms with E-state index in [-0.39, 0.29) is 11.6 Å². The molecule has 2 heterocycles. The van der Waals surface area contributed by atoms with Crippen LogP contribution in [0, 0.1) is 6.92 Å². The second-order valence-electron chi connectivity index (χ2n) is 5.68. The summed E-state index contributed by atoms with van der Waals surface area (Å²) in [4.78, 5) is 18.7. The van der Waals surface area contributed by atoms with E-state index < -0.39 is 0 Å². The van der Waals surface area contributed by atoms with Crippen LogP contribution in [0.25, 0.3) is 10.9 Å². The third kappa shape index (κ3) is 2.79. The predicted octanol–water partition coefficient (Wildman–Crippen LogP) is 4.14. The van der Waals surface area contributed by atoms with Crippen molar-refractivity contribution in [3.05, 3.63) is 64.4 Å². The molecule has 116 valence electrons. The number of nitrogens with zero attached hydrogens (tertiary/aromatic N) is 2. The van der Waals surface area contributed by atoms with Crippen molar-refractivity contribution in [1.29, 1.82) is 0 Å². The molecule has 3 aromatic rings. The van der Waals surface area contributed by atoms with E-state index in [4.69, 9.17) is 0 Å². The first kappa shape index (κ1) is 14.8. The average molecular weight is 340 g/mol. The molecule has 0 bridgehead atoms. The van der Waals surface area contributed by atoms with Crippen molar-refractivity contribution >= 4 is 34.4 Å². The molecule has 0 amide bonds. The summed E-state index contributed by atoms with van der Waals surface area (Å²) in [5, 5.41) is 1.56. The molecule has 0 aliphatic carbocycles. The quantitative estimate of drug-likeness (QED) is 0.530. The van der Waals surface area contributed by atoms with Crippen LogP contribution in [-0.2, 0) is 0 Å². The van der Waals surface area contributed by atoms with E-state index in [1.165, 1.54) is 10.5 Å². The van der Waals surface area contributed by atoms with Crippen LogP contribution >= 0.6 is 23.5 Å². The lowest BCUT2D eigenvalue weighted by Crippen LogP contribution is -2.25. The van der Waals surface area contributed by atoms with E-state index in [1.54, 1.807) is 11.8 Å². The number of benzene rings is 2. The predicted molar refractivity (Wildman–Crippen MR) is 97.7 cm³/mol. The Morgan fingerprint density at radius 1 is 1.26 bits per heavy atom. The summed E-state index contributed by atoms with van der Waals surface area (Å²) in [5.41, 5.74) is 2.15. The van der Waals surface area contributed by atoms with Crippen LogP contribution in [0.5, 0.6) is 0 Å². The van der Waals surface area contributed by atoms with E-state index in [9.17, 15) is 4.79 Å². The lowest BCUT2D eigenvalue weighted by Gasteiger charge is -2.13.